The first-order chi connectivity index (χ1) is 11.9. The third kappa shape index (κ3) is 15.3. The standard InChI is InChI=1S/C9H15NO.C7H8F3NO.CH2Cl2.CH4/c1-5-6-10(9(4)11)7-8(2)3;1-5-2-3-11(4-5)6(12)7(8,9)10;2-1-3;/h5H,1-2,6-7H2,3-4H3;2H,3-4H2,1H3;1H2;1H4. The fourth-order valence-corrected chi connectivity index (χ4v) is 1.82. The first-order valence-electron chi connectivity index (χ1n) is 7.55. The van der Waals surface area contributed by atoms with Crippen molar-refractivity contribution in [3.8, 4) is 0 Å². The molecule has 0 spiro atoms. The van der Waals surface area contributed by atoms with E-state index in [-0.39, 0.29) is 31.8 Å². The zero-order chi connectivity index (χ0) is 20.9. The van der Waals surface area contributed by atoms with Crippen LogP contribution in [0.25, 0.3) is 0 Å². The van der Waals surface area contributed by atoms with Gasteiger partial charge in [0.15, 0.2) is 0 Å². The summed E-state index contributed by atoms with van der Waals surface area (Å²) in [5, 5.41) is 0.194. The van der Waals surface area contributed by atoms with Crippen LogP contribution >= 0.6 is 23.2 Å². The molecule has 0 aromatic heterocycles. The van der Waals surface area contributed by atoms with Crippen LogP contribution in [0, 0.1) is 0 Å². The maximum atomic E-state index is 11.8. The van der Waals surface area contributed by atoms with E-state index in [1.807, 2.05) is 6.92 Å². The molecule has 0 aliphatic carbocycles. The molecule has 1 aliphatic rings. The van der Waals surface area contributed by atoms with Crippen LogP contribution in [0.4, 0.5) is 13.2 Å². The summed E-state index contributed by atoms with van der Waals surface area (Å²) in [6.45, 7) is 13.8. The molecule has 0 unspecified atom stereocenters. The van der Waals surface area contributed by atoms with E-state index < -0.39 is 12.1 Å². The number of rotatable bonds is 4. The Bertz CT molecular complexity index is 521. The molecule has 0 aromatic rings. The molecule has 0 aromatic carbocycles. The van der Waals surface area contributed by atoms with Crippen LogP contribution in [0.3, 0.4) is 0 Å². The SMILES string of the molecule is C.C=CCN(CC(=C)C)C(C)=O.CC1=CCN(C(=O)C(F)(F)F)C1.ClCCl. The normalized spacial score (nSPS) is 12.3. The minimum Gasteiger partial charge on any atom is -0.335 e. The Balaban J connectivity index is -0.000000362. The maximum Gasteiger partial charge on any atom is 0.471 e. The first kappa shape index (κ1) is 30.3. The third-order valence-electron chi connectivity index (χ3n) is 2.89. The maximum absolute atomic E-state index is 11.8. The number of halogens is 5. The van der Waals surface area contributed by atoms with Crippen molar-refractivity contribution in [1.82, 2.24) is 9.80 Å². The summed E-state index contributed by atoms with van der Waals surface area (Å²) in [5.41, 5.74) is 1.79. The van der Waals surface area contributed by atoms with Crippen molar-refractivity contribution in [3.05, 3.63) is 36.5 Å². The molecule has 1 rings (SSSR count). The van der Waals surface area contributed by atoms with E-state index in [0.29, 0.717) is 13.1 Å². The Morgan fingerprint density at radius 3 is 2.07 bits per heavy atom. The van der Waals surface area contributed by atoms with Gasteiger partial charge in [0.05, 0.1) is 5.34 Å². The monoisotopic (exact) mass is 432 g/mol. The van der Waals surface area contributed by atoms with Crippen molar-refractivity contribution >= 4 is 35.0 Å². The fraction of sp³-hybridized carbons (Fsp3) is 0.556. The molecule has 0 saturated carbocycles. The Kier molecular flexibility index (Phi) is 17.5. The molecule has 0 atom stereocenters. The number of amides is 2. The molecule has 0 N–H and O–H groups in total. The minimum absolute atomic E-state index is 0. The van der Waals surface area contributed by atoms with Gasteiger partial charge in [0.1, 0.15) is 0 Å². The summed E-state index contributed by atoms with van der Waals surface area (Å²) in [4.78, 5) is 23.9. The van der Waals surface area contributed by atoms with Crippen molar-refractivity contribution in [2.75, 3.05) is 31.5 Å². The minimum atomic E-state index is -4.74. The van der Waals surface area contributed by atoms with Gasteiger partial charge in [-0.25, -0.2) is 0 Å². The van der Waals surface area contributed by atoms with E-state index in [4.69, 9.17) is 23.2 Å². The molecule has 1 heterocycles. The van der Waals surface area contributed by atoms with Crippen molar-refractivity contribution in [2.45, 2.75) is 34.4 Å². The van der Waals surface area contributed by atoms with Gasteiger partial charge in [0, 0.05) is 33.1 Å². The second-order valence-electron chi connectivity index (χ2n) is 5.48. The van der Waals surface area contributed by atoms with E-state index >= 15 is 0 Å². The number of alkyl halides is 5. The van der Waals surface area contributed by atoms with Crippen LogP contribution in [0.5, 0.6) is 0 Å². The lowest BCUT2D eigenvalue weighted by Gasteiger charge is -2.18. The highest BCUT2D eigenvalue weighted by atomic mass is 35.5. The van der Waals surface area contributed by atoms with E-state index in [2.05, 4.69) is 13.2 Å². The molecule has 0 saturated heterocycles. The quantitative estimate of drug-likeness (QED) is 0.463. The highest BCUT2D eigenvalue weighted by Gasteiger charge is 2.42. The van der Waals surface area contributed by atoms with Crippen LogP contribution < -0.4 is 0 Å². The summed E-state index contributed by atoms with van der Waals surface area (Å²) in [6, 6.07) is 0. The molecular formula is C18H29Cl2F3N2O2. The first-order valence-corrected chi connectivity index (χ1v) is 8.61. The molecule has 0 radical (unpaired) electrons. The van der Waals surface area contributed by atoms with Crippen LogP contribution in [0.1, 0.15) is 28.2 Å². The van der Waals surface area contributed by atoms with Gasteiger partial charge in [-0.1, -0.05) is 37.3 Å². The van der Waals surface area contributed by atoms with Crippen molar-refractivity contribution in [2.24, 2.45) is 0 Å². The van der Waals surface area contributed by atoms with Crippen LogP contribution in [-0.2, 0) is 9.59 Å². The van der Waals surface area contributed by atoms with Crippen molar-refractivity contribution in [1.29, 1.82) is 0 Å². The lowest BCUT2D eigenvalue weighted by molar-refractivity contribution is -0.184. The van der Waals surface area contributed by atoms with E-state index in [9.17, 15) is 22.8 Å². The zero-order valence-corrected chi connectivity index (χ0v) is 16.7. The third-order valence-corrected chi connectivity index (χ3v) is 2.89. The Labute approximate surface area is 170 Å². The lowest BCUT2D eigenvalue weighted by Crippen LogP contribution is -2.39. The smallest absolute Gasteiger partial charge is 0.335 e. The van der Waals surface area contributed by atoms with E-state index in [1.54, 1.807) is 30.9 Å². The summed E-state index contributed by atoms with van der Waals surface area (Å²) in [5.74, 6) is -1.69. The summed E-state index contributed by atoms with van der Waals surface area (Å²) >= 11 is 9.53. The predicted molar refractivity (Wildman–Crippen MR) is 107 cm³/mol. The number of carbonyl (C=O) groups is 2. The number of carbonyl (C=O) groups excluding carboxylic acids is 2. The average Bonchev–Trinajstić information content (AvgIpc) is 2.92. The molecular weight excluding hydrogens is 404 g/mol. The number of nitrogens with zero attached hydrogens (tertiary/aromatic N) is 2. The highest BCUT2D eigenvalue weighted by Crippen LogP contribution is 2.21. The summed E-state index contributed by atoms with van der Waals surface area (Å²) in [7, 11) is 0. The van der Waals surface area contributed by atoms with Crippen LogP contribution in [0.15, 0.2) is 36.5 Å². The topological polar surface area (TPSA) is 40.6 Å². The Morgan fingerprint density at radius 1 is 1.33 bits per heavy atom. The van der Waals surface area contributed by atoms with Gasteiger partial charge in [-0.3, -0.25) is 9.59 Å². The highest BCUT2D eigenvalue weighted by molar-refractivity contribution is 6.40. The van der Waals surface area contributed by atoms with Crippen LogP contribution in [0.2, 0.25) is 0 Å². The van der Waals surface area contributed by atoms with Gasteiger partial charge in [-0.15, -0.1) is 29.8 Å². The lowest BCUT2D eigenvalue weighted by atomic mass is 10.3. The van der Waals surface area contributed by atoms with Gasteiger partial charge >= 0.3 is 12.1 Å². The van der Waals surface area contributed by atoms with Crippen LogP contribution in [-0.4, -0.2) is 59.3 Å². The van der Waals surface area contributed by atoms with Gasteiger partial charge in [0.2, 0.25) is 5.91 Å². The van der Waals surface area contributed by atoms with Gasteiger partial charge < -0.3 is 9.80 Å². The molecule has 9 heteroatoms. The Morgan fingerprint density at radius 2 is 1.81 bits per heavy atom. The second kappa shape index (κ2) is 15.6. The van der Waals surface area contributed by atoms with Gasteiger partial charge in [0.25, 0.3) is 0 Å². The molecule has 158 valence electrons. The van der Waals surface area contributed by atoms with Crippen molar-refractivity contribution in [3.63, 3.8) is 0 Å². The zero-order valence-electron chi connectivity index (χ0n) is 15.2. The molecule has 4 nitrogen and oxygen atoms in total. The Hall–Kier alpha value is -1.47. The van der Waals surface area contributed by atoms with E-state index in [1.165, 1.54) is 0 Å². The van der Waals surface area contributed by atoms with Gasteiger partial charge in [-0.05, 0) is 13.8 Å². The average molecular weight is 433 g/mol. The second-order valence-corrected chi connectivity index (χ2v) is 6.29. The summed E-state index contributed by atoms with van der Waals surface area (Å²) in [6.07, 6.45) is -1.41. The number of hydrogen-bond acceptors (Lipinski definition) is 2. The largest absolute Gasteiger partial charge is 0.471 e. The number of hydrogen-bond donors (Lipinski definition) is 0. The molecule has 2 amide bonds. The van der Waals surface area contributed by atoms with E-state index in [0.717, 1.165) is 16.0 Å². The molecule has 0 fully saturated rings. The molecule has 0 bridgehead atoms. The van der Waals surface area contributed by atoms with Gasteiger partial charge in [-0.2, -0.15) is 13.2 Å². The summed E-state index contributed by atoms with van der Waals surface area (Å²) < 4.78 is 35.4. The predicted octanol–water partition coefficient (Wildman–Crippen LogP) is 4.99. The molecule has 1 aliphatic heterocycles. The van der Waals surface area contributed by atoms with Crippen molar-refractivity contribution < 1.29 is 22.8 Å². The molecule has 27 heavy (non-hydrogen) atoms. The fourth-order valence-electron chi connectivity index (χ4n) is 1.82.